The summed E-state index contributed by atoms with van der Waals surface area (Å²) in [7, 11) is 1.63. The molecule has 0 radical (unpaired) electrons. The molecule has 1 rings (SSSR count). The Kier molecular flexibility index (Phi) is 8.21. The zero-order valence-electron chi connectivity index (χ0n) is 12.4. The van der Waals surface area contributed by atoms with Crippen molar-refractivity contribution in [3.8, 4) is 11.8 Å². The summed E-state index contributed by atoms with van der Waals surface area (Å²) in [6.45, 7) is 2.42. The summed E-state index contributed by atoms with van der Waals surface area (Å²) in [5, 5.41) is 18.7. The van der Waals surface area contributed by atoms with Gasteiger partial charge in [-0.05, 0) is 12.1 Å². The summed E-state index contributed by atoms with van der Waals surface area (Å²) in [4.78, 5) is 1.98. The molecule has 1 unspecified atom stereocenters. The van der Waals surface area contributed by atoms with Gasteiger partial charge in [-0.3, -0.25) is 4.90 Å². The maximum absolute atomic E-state index is 10.0. The number of nitrogens with two attached hydrogens (primary N) is 1. The van der Waals surface area contributed by atoms with Crippen molar-refractivity contribution in [1.82, 2.24) is 4.90 Å². The molecule has 3 N–H and O–H groups in total. The van der Waals surface area contributed by atoms with Gasteiger partial charge < -0.3 is 20.3 Å². The number of anilines is 1. The number of hydrogen-bond acceptors (Lipinski definition) is 6. The predicted octanol–water partition coefficient (Wildman–Crippen LogP) is 0.871. The van der Waals surface area contributed by atoms with Gasteiger partial charge in [-0.2, -0.15) is 5.26 Å². The first-order valence-electron chi connectivity index (χ1n) is 6.91. The van der Waals surface area contributed by atoms with E-state index >= 15 is 0 Å². The van der Waals surface area contributed by atoms with Crippen LogP contribution in [0.2, 0.25) is 0 Å². The topological polar surface area (TPSA) is 91.7 Å². The quantitative estimate of drug-likeness (QED) is 0.622. The van der Waals surface area contributed by atoms with E-state index in [-0.39, 0.29) is 6.61 Å². The number of nitrogen functional groups attached to an aromatic ring is 1. The number of benzene rings is 1. The summed E-state index contributed by atoms with van der Waals surface area (Å²) in [6, 6.07) is 9.27. The van der Waals surface area contributed by atoms with Gasteiger partial charge in [0.25, 0.3) is 0 Å². The number of aliphatic hydroxyl groups is 1. The first-order valence-corrected chi connectivity index (χ1v) is 6.91. The standard InChI is InChI=1S/C15H23N3O3/c1-20-10-9-18(8-4-7-16)11-13(19)12-21-15-6-3-2-5-14(15)17/h2-3,5-6,13,19H,4,8-12,17H2,1H3. The zero-order valence-corrected chi connectivity index (χ0v) is 12.4. The van der Waals surface area contributed by atoms with Gasteiger partial charge >= 0.3 is 0 Å². The van der Waals surface area contributed by atoms with Crippen molar-refractivity contribution in [3.63, 3.8) is 0 Å². The first-order chi connectivity index (χ1) is 10.2. The van der Waals surface area contributed by atoms with Crippen LogP contribution < -0.4 is 10.5 Å². The van der Waals surface area contributed by atoms with Gasteiger partial charge in [0.15, 0.2) is 0 Å². The van der Waals surface area contributed by atoms with E-state index in [2.05, 4.69) is 6.07 Å². The van der Waals surface area contributed by atoms with Crippen molar-refractivity contribution >= 4 is 5.69 Å². The number of aliphatic hydroxyl groups excluding tert-OH is 1. The third-order valence-electron chi connectivity index (χ3n) is 2.97. The molecular weight excluding hydrogens is 270 g/mol. The summed E-state index contributed by atoms with van der Waals surface area (Å²) in [6.07, 6.45) is -0.233. The Hall–Kier alpha value is -1.81. The maximum Gasteiger partial charge on any atom is 0.142 e. The van der Waals surface area contributed by atoms with E-state index in [4.69, 9.17) is 20.5 Å². The molecule has 1 aromatic rings. The van der Waals surface area contributed by atoms with Crippen molar-refractivity contribution in [1.29, 1.82) is 5.26 Å². The molecule has 0 saturated carbocycles. The van der Waals surface area contributed by atoms with E-state index in [1.165, 1.54) is 0 Å². The minimum atomic E-state index is -0.653. The van der Waals surface area contributed by atoms with Gasteiger partial charge in [0.2, 0.25) is 0 Å². The average Bonchev–Trinajstić information content (AvgIpc) is 2.49. The lowest BCUT2D eigenvalue weighted by Crippen LogP contribution is -2.38. The van der Waals surface area contributed by atoms with Gasteiger partial charge in [-0.25, -0.2) is 0 Å². The van der Waals surface area contributed by atoms with Crippen LogP contribution in [0.5, 0.6) is 5.75 Å². The monoisotopic (exact) mass is 293 g/mol. The molecule has 6 heteroatoms. The molecule has 6 nitrogen and oxygen atoms in total. The van der Waals surface area contributed by atoms with Crippen molar-refractivity contribution < 1.29 is 14.6 Å². The third-order valence-corrected chi connectivity index (χ3v) is 2.97. The van der Waals surface area contributed by atoms with Gasteiger partial charge in [0, 0.05) is 33.2 Å². The molecule has 0 aliphatic heterocycles. The lowest BCUT2D eigenvalue weighted by Gasteiger charge is -2.24. The summed E-state index contributed by atoms with van der Waals surface area (Å²) >= 11 is 0. The molecule has 21 heavy (non-hydrogen) atoms. The van der Waals surface area contributed by atoms with Gasteiger partial charge in [-0.15, -0.1) is 0 Å². The fourth-order valence-corrected chi connectivity index (χ4v) is 1.87. The average molecular weight is 293 g/mol. The minimum Gasteiger partial charge on any atom is -0.489 e. The largest absolute Gasteiger partial charge is 0.489 e. The van der Waals surface area contributed by atoms with Crippen molar-refractivity contribution in [2.75, 3.05) is 45.7 Å². The Labute approximate surface area is 125 Å². The van der Waals surface area contributed by atoms with E-state index in [0.717, 1.165) is 0 Å². The lowest BCUT2D eigenvalue weighted by atomic mass is 10.3. The number of nitriles is 1. The van der Waals surface area contributed by atoms with E-state index < -0.39 is 6.10 Å². The minimum absolute atomic E-state index is 0.157. The van der Waals surface area contributed by atoms with Crippen LogP contribution in [0.3, 0.4) is 0 Å². The maximum atomic E-state index is 10.0. The molecule has 116 valence electrons. The predicted molar refractivity (Wildman–Crippen MR) is 80.9 cm³/mol. The highest BCUT2D eigenvalue weighted by Crippen LogP contribution is 2.19. The zero-order chi connectivity index (χ0) is 15.5. The Morgan fingerprint density at radius 2 is 2.14 bits per heavy atom. The van der Waals surface area contributed by atoms with Crippen LogP contribution in [-0.2, 0) is 4.74 Å². The molecule has 0 heterocycles. The second-order valence-corrected chi connectivity index (χ2v) is 4.70. The molecule has 1 atom stereocenters. The van der Waals surface area contributed by atoms with Crippen LogP contribution in [0.4, 0.5) is 5.69 Å². The van der Waals surface area contributed by atoms with Crippen LogP contribution in [0, 0.1) is 11.3 Å². The smallest absolute Gasteiger partial charge is 0.142 e. The number of para-hydroxylation sites is 2. The SMILES string of the molecule is COCCN(CCC#N)CC(O)COc1ccccc1N. The molecule has 0 saturated heterocycles. The fraction of sp³-hybridized carbons (Fsp3) is 0.533. The van der Waals surface area contributed by atoms with Gasteiger partial charge in [0.1, 0.15) is 18.5 Å². The second-order valence-electron chi connectivity index (χ2n) is 4.70. The van der Waals surface area contributed by atoms with Crippen LogP contribution in [-0.4, -0.2) is 56.1 Å². The normalized spacial score (nSPS) is 12.1. The molecule has 1 aromatic carbocycles. The number of ether oxygens (including phenoxy) is 2. The Morgan fingerprint density at radius 1 is 1.38 bits per heavy atom. The highest BCUT2D eigenvalue weighted by atomic mass is 16.5. The van der Waals surface area contributed by atoms with Gasteiger partial charge in [0.05, 0.1) is 18.4 Å². The van der Waals surface area contributed by atoms with Crippen molar-refractivity contribution in [2.24, 2.45) is 0 Å². The van der Waals surface area contributed by atoms with Crippen molar-refractivity contribution in [3.05, 3.63) is 24.3 Å². The number of nitrogens with zero attached hydrogens (tertiary/aromatic N) is 2. The van der Waals surface area contributed by atoms with Crippen LogP contribution >= 0.6 is 0 Å². The van der Waals surface area contributed by atoms with E-state index in [1.807, 2.05) is 17.0 Å². The molecule has 0 aliphatic rings. The summed E-state index contributed by atoms with van der Waals surface area (Å²) < 4.78 is 10.5. The van der Waals surface area contributed by atoms with E-state index in [9.17, 15) is 5.11 Å². The van der Waals surface area contributed by atoms with Crippen LogP contribution in [0.25, 0.3) is 0 Å². The molecule has 0 bridgehead atoms. The highest BCUT2D eigenvalue weighted by Gasteiger charge is 2.13. The summed E-state index contributed by atoms with van der Waals surface area (Å²) in [5.41, 5.74) is 6.32. The highest BCUT2D eigenvalue weighted by molar-refractivity contribution is 5.51. The van der Waals surface area contributed by atoms with Gasteiger partial charge in [-0.1, -0.05) is 12.1 Å². The van der Waals surface area contributed by atoms with E-state index in [0.29, 0.717) is 44.1 Å². The van der Waals surface area contributed by atoms with Crippen molar-refractivity contribution in [2.45, 2.75) is 12.5 Å². The van der Waals surface area contributed by atoms with Crippen LogP contribution in [0.1, 0.15) is 6.42 Å². The molecular formula is C15H23N3O3. The first kappa shape index (κ1) is 17.2. The van der Waals surface area contributed by atoms with E-state index in [1.54, 1.807) is 19.2 Å². The number of rotatable bonds is 10. The van der Waals surface area contributed by atoms with Crippen LogP contribution in [0.15, 0.2) is 24.3 Å². The fourth-order valence-electron chi connectivity index (χ4n) is 1.87. The molecule has 0 aliphatic carbocycles. The third kappa shape index (κ3) is 6.95. The number of hydrogen-bond donors (Lipinski definition) is 2. The lowest BCUT2D eigenvalue weighted by molar-refractivity contribution is 0.0582. The second kappa shape index (κ2) is 10.00. The number of methoxy groups -OCH3 is 1. The Morgan fingerprint density at radius 3 is 2.81 bits per heavy atom. The summed E-state index contributed by atoms with van der Waals surface area (Å²) in [5.74, 6) is 0.567. The molecule has 0 spiro atoms. The molecule has 0 amide bonds. The Bertz CT molecular complexity index is 448. The molecule has 0 aromatic heterocycles. The molecule has 0 fully saturated rings. The Balaban J connectivity index is 2.40.